The molecule has 2 unspecified atom stereocenters. The van der Waals surface area contributed by atoms with Crippen molar-refractivity contribution in [2.24, 2.45) is 23.7 Å². The molecule has 0 aliphatic heterocycles. The Morgan fingerprint density at radius 3 is 2.79 bits per heavy atom. The van der Waals surface area contributed by atoms with E-state index < -0.39 is 18.6 Å². The number of fused-ring (bicyclic) bond motifs is 1. The number of aryl methyl sites for hydroxylation is 1. The third-order valence-corrected chi connectivity index (χ3v) is 6.89. The number of carbonyl (C=O) groups excluding carboxylic acids is 2. The highest BCUT2D eigenvalue weighted by Gasteiger charge is 2.40. The minimum Gasteiger partial charge on any atom is -0.467 e. The molecule has 1 fully saturated rings. The average Bonchev–Trinajstić information content (AvgIpc) is 3.59. The molecule has 4 rings (SSSR count). The van der Waals surface area contributed by atoms with Gasteiger partial charge in [0.15, 0.2) is 5.65 Å². The molecule has 12 heteroatoms. The standard InChI is InChI=1S/C27H29F3N6O3/c1-35-14-20-8-19(13-32-25(20)34-35)17-3-4-21(23(28)10-17)22-9-18(22)5-6-36(15-37)24(26(38)39-2)7-16(11-31)12-33-27(29)30/h3-4,8,10-15,18,22,24,27H,5-7,9,31H2,1-2H3/b16-11-,33-12+/t18-,22?,24?/m1/s1. The van der Waals surface area contributed by atoms with E-state index >= 15 is 4.39 Å². The van der Waals surface area contributed by atoms with Crippen molar-refractivity contribution in [3.63, 3.8) is 0 Å². The van der Waals surface area contributed by atoms with Gasteiger partial charge in [-0.05, 0) is 59.7 Å². The summed E-state index contributed by atoms with van der Waals surface area (Å²) in [6, 6.07) is 5.99. The van der Waals surface area contributed by atoms with Crippen LogP contribution in [0.15, 0.2) is 53.4 Å². The summed E-state index contributed by atoms with van der Waals surface area (Å²) >= 11 is 0. The maximum absolute atomic E-state index is 15.1. The highest BCUT2D eigenvalue weighted by Crippen LogP contribution is 2.50. The molecule has 1 aliphatic rings. The van der Waals surface area contributed by atoms with Crippen LogP contribution in [0, 0.1) is 11.7 Å². The number of hydrogen-bond donors (Lipinski definition) is 1. The van der Waals surface area contributed by atoms with Gasteiger partial charge in [0.05, 0.1) is 7.11 Å². The second-order valence-corrected chi connectivity index (χ2v) is 9.45. The first-order valence-corrected chi connectivity index (χ1v) is 12.3. The average molecular weight is 543 g/mol. The molecule has 3 aromatic rings. The van der Waals surface area contributed by atoms with E-state index in [-0.39, 0.29) is 36.2 Å². The number of aliphatic imine (C=N–C) groups is 1. The number of methoxy groups -OCH3 is 1. The highest BCUT2D eigenvalue weighted by molar-refractivity contribution is 5.84. The lowest BCUT2D eigenvalue weighted by Gasteiger charge is -2.26. The zero-order valence-corrected chi connectivity index (χ0v) is 21.5. The van der Waals surface area contributed by atoms with Crippen molar-refractivity contribution in [2.45, 2.75) is 37.8 Å². The molecule has 39 heavy (non-hydrogen) atoms. The second kappa shape index (κ2) is 12.1. The fourth-order valence-electron chi connectivity index (χ4n) is 4.75. The molecule has 206 valence electrons. The van der Waals surface area contributed by atoms with Gasteiger partial charge in [0.25, 0.3) is 0 Å². The number of aromatic nitrogens is 3. The summed E-state index contributed by atoms with van der Waals surface area (Å²) in [5.74, 6) is -0.924. The molecule has 0 saturated heterocycles. The number of pyridine rings is 1. The van der Waals surface area contributed by atoms with Gasteiger partial charge in [0.1, 0.15) is 11.9 Å². The van der Waals surface area contributed by atoms with E-state index in [9.17, 15) is 18.4 Å². The van der Waals surface area contributed by atoms with Crippen LogP contribution < -0.4 is 5.73 Å². The van der Waals surface area contributed by atoms with Gasteiger partial charge in [0.2, 0.25) is 6.41 Å². The van der Waals surface area contributed by atoms with E-state index in [1.165, 1.54) is 18.1 Å². The van der Waals surface area contributed by atoms with Gasteiger partial charge < -0.3 is 15.4 Å². The Bertz CT molecular complexity index is 1410. The van der Waals surface area contributed by atoms with Crippen LogP contribution in [0.25, 0.3) is 22.2 Å². The predicted molar refractivity (Wildman–Crippen MR) is 139 cm³/mol. The van der Waals surface area contributed by atoms with Gasteiger partial charge >= 0.3 is 12.5 Å². The van der Waals surface area contributed by atoms with Crippen LogP contribution in [0.4, 0.5) is 13.2 Å². The molecule has 0 spiro atoms. The first kappa shape index (κ1) is 27.8. The number of halogens is 3. The number of rotatable bonds is 12. The van der Waals surface area contributed by atoms with Crippen LogP contribution in [0.5, 0.6) is 0 Å². The van der Waals surface area contributed by atoms with Crippen molar-refractivity contribution < 1.29 is 27.5 Å². The molecule has 9 nitrogen and oxygen atoms in total. The molecule has 2 N–H and O–H groups in total. The van der Waals surface area contributed by atoms with Crippen LogP contribution >= 0.6 is 0 Å². The van der Waals surface area contributed by atoms with E-state index in [1.807, 2.05) is 25.4 Å². The summed E-state index contributed by atoms with van der Waals surface area (Å²) < 4.78 is 46.5. The Morgan fingerprint density at radius 1 is 1.33 bits per heavy atom. The van der Waals surface area contributed by atoms with Crippen molar-refractivity contribution in [3.8, 4) is 11.1 Å². The van der Waals surface area contributed by atoms with Gasteiger partial charge in [-0.2, -0.15) is 13.9 Å². The lowest BCUT2D eigenvalue weighted by molar-refractivity contribution is -0.149. The minimum absolute atomic E-state index is 0.0132. The van der Waals surface area contributed by atoms with Gasteiger partial charge in [-0.25, -0.2) is 19.2 Å². The van der Waals surface area contributed by atoms with Crippen molar-refractivity contribution in [2.75, 3.05) is 13.7 Å². The van der Waals surface area contributed by atoms with E-state index in [0.29, 0.717) is 29.6 Å². The normalized spacial score (nSPS) is 18.1. The summed E-state index contributed by atoms with van der Waals surface area (Å²) in [4.78, 5) is 32.8. The number of benzene rings is 1. The Hall–Kier alpha value is -4.22. The quantitative estimate of drug-likeness (QED) is 0.161. The number of amides is 1. The SMILES string of the molecule is COC(=O)C(CC(=C/N)/C=N/C(F)F)N(C=O)CC[C@@H]1CC1c1ccc(-c2cnc3nn(C)cc3c2)cc1F. The molecule has 1 saturated carbocycles. The second-order valence-electron chi connectivity index (χ2n) is 9.45. The monoisotopic (exact) mass is 542 g/mol. The van der Waals surface area contributed by atoms with Gasteiger partial charge in [0, 0.05) is 49.6 Å². The van der Waals surface area contributed by atoms with Gasteiger partial charge in [-0.3, -0.25) is 9.48 Å². The summed E-state index contributed by atoms with van der Waals surface area (Å²) in [6.45, 7) is -2.73. The molecule has 1 aliphatic carbocycles. The van der Waals surface area contributed by atoms with Crippen LogP contribution in [-0.2, 0) is 21.4 Å². The van der Waals surface area contributed by atoms with Crippen molar-refractivity contribution >= 4 is 29.6 Å². The molecule has 2 heterocycles. The topological polar surface area (TPSA) is 116 Å². The molecule has 1 aromatic carbocycles. The van der Waals surface area contributed by atoms with E-state index in [0.717, 1.165) is 29.8 Å². The Kier molecular flexibility index (Phi) is 8.62. The van der Waals surface area contributed by atoms with Crippen molar-refractivity contribution in [1.82, 2.24) is 19.7 Å². The van der Waals surface area contributed by atoms with Crippen molar-refractivity contribution in [3.05, 3.63) is 59.8 Å². The summed E-state index contributed by atoms with van der Waals surface area (Å²) in [7, 11) is 2.98. The maximum atomic E-state index is 15.1. The van der Waals surface area contributed by atoms with Crippen LogP contribution in [0.3, 0.4) is 0 Å². The number of nitrogens with zero attached hydrogens (tertiary/aromatic N) is 5. The zero-order chi connectivity index (χ0) is 28.1. The van der Waals surface area contributed by atoms with Gasteiger partial charge in [-0.1, -0.05) is 12.1 Å². The number of esters is 1. The van der Waals surface area contributed by atoms with Crippen molar-refractivity contribution in [1.29, 1.82) is 0 Å². The van der Waals surface area contributed by atoms with Crippen LogP contribution in [0.2, 0.25) is 0 Å². The summed E-state index contributed by atoms with van der Waals surface area (Å²) in [6.07, 6.45) is 7.08. The van der Waals surface area contributed by atoms with E-state index in [2.05, 4.69) is 15.1 Å². The lowest BCUT2D eigenvalue weighted by atomic mass is 10.0. The lowest BCUT2D eigenvalue weighted by Crippen LogP contribution is -2.42. The molecule has 3 atom stereocenters. The molecule has 0 bridgehead atoms. The predicted octanol–water partition coefficient (Wildman–Crippen LogP) is 3.79. The minimum atomic E-state index is -2.93. The number of ether oxygens (including phenoxy) is 1. The highest BCUT2D eigenvalue weighted by atomic mass is 19.3. The number of nitrogens with two attached hydrogens (primary N) is 1. The Balaban J connectivity index is 1.40. The smallest absolute Gasteiger partial charge is 0.331 e. The summed E-state index contributed by atoms with van der Waals surface area (Å²) in [5, 5.41) is 5.12. The molecule has 0 radical (unpaired) electrons. The molecular formula is C27H29F3N6O3. The van der Waals surface area contributed by atoms with Gasteiger partial charge in [-0.15, -0.1) is 0 Å². The van der Waals surface area contributed by atoms with E-state index in [4.69, 9.17) is 10.5 Å². The van der Waals surface area contributed by atoms with Crippen LogP contribution in [0.1, 0.15) is 30.7 Å². The molecule has 2 aromatic heterocycles. The fraction of sp³-hybridized carbons (Fsp3) is 0.370. The number of alkyl halides is 2. The van der Waals surface area contributed by atoms with Crippen LogP contribution in [-0.4, -0.2) is 64.5 Å². The third-order valence-electron chi connectivity index (χ3n) is 6.89. The van der Waals surface area contributed by atoms with E-state index in [1.54, 1.807) is 16.9 Å². The maximum Gasteiger partial charge on any atom is 0.331 e. The Labute approximate surface area is 223 Å². The number of hydrogen-bond acceptors (Lipinski definition) is 7. The fourth-order valence-corrected chi connectivity index (χ4v) is 4.75. The summed E-state index contributed by atoms with van der Waals surface area (Å²) in [5.41, 5.74) is 8.36. The first-order chi connectivity index (χ1) is 18.7. The number of carbonyl (C=O) groups is 2. The first-order valence-electron chi connectivity index (χ1n) is 12.3. The Morgan fingerprint density at radius 2 is 2.13 bits per heavy atom. The zero-order valence-electron chi connectivity index (χ0n) is 21.5. The third kappa shape index (κ3) is 6.62. The molecular weight excluding hydrogens is 513 g/mol. The molecule has 1 amide bonds. The largest absolute Gasteiger partial charge is 0.467 e.